The Morgan fingerprint density at radius 2 is 1.96 bits per heavy atom. The molecule has 0 aromatic heterocycles. The Morgan fingerprint density at radius 1 is 1.12 bits per heavy atom. The summed E-state index contributed by atoms with van der Waals surface area (Å²) in [6.07, 6.45) is 0.937. The first-order valence-electron chi connectivity index (χ1n) is 8.63. The summed E-state index contributed by atoms with van der Waals surface area (Å²) in [7, 11) is -3.75. The van der Waals surface area contributed by atoms with Crippen molar-refractivity contribution >= 4 is 27.1 Å². The first-order chi connectivity index (χ1) is 12.5. The fourth-order valence-corrected chi connectivity index (χ4v) is 4.91. The van der Waals surface area contributed by atoms with Gasteiger partial charge in [0.05, 0.1) is 16.3 Å². The number of benzene rings is 2. The number of hydrogen-bond acceptors (Lipinski definition) is 6. The van der Waals surface area contributed by atoms with Crippen LogP contribution in [-0.4, -0.2) is 39.7 Å². The molecule has 0 unspecified atom stereocenters. The number of ketones is 1. The predicted molar refractivity (Wildman–Crippen MR) is 100.0 cm³/mol. The SMILES string of the molecule is CCCNc1ccc2c(c1)C(=O)c1ccc(C3=NCCN3)cc1S2(=O)=O. The molecule has 4 rings (SSSR count). The molecule has 2 heterocycles. The van der Waals surface area contributed by atoms with E-state index in [1.54, 1.807) is 30.3 Å². The average Bonchev–Trinajstić information content (AvgIpc) is 3.19. The van der Waals surface area contributed by atoms with Crippen molar-refractivity contribution in [3.8, 4) is 0 Å². The van der Waals surface area contributed by atoms with Crippen LogP contribution in [0.4, 0.5) is 5.69 Å². The van der Waals surface area contributed by atoms with Gasteiger partial charge in [-0.3, -0.25) is 9.79 Å². The number of rotatable bonds is 4. The summed E-state index contributed by atoms with van der Waals surface area (Å²) in [6.45, 7) is 4.19. The number of carbonyl (C=O) groups excluding carboxylic acids is 1. The van der Waals surface area contributed by atoms with Gasteiger partial charge in [0.1, 0.15) is 5.84 Å². The molecule has 26 heavy (non-hydrogen) atoms. The zero-order valence-electron chi connectivity index (χ0n) is 14.4. The highest BCUT2D eigenvalue weighted by Crippen LogP contribution is 2.36. The molecule has 6 nitrogen and oxygen atoms in total. The Bertz CT molecular complexity index is 1040. The minimum absolute atomic E-state index is 0.0539. The Hall–Kier alpha value is -2.67. The summed E-state index contributed by atoms with van der Waals surface area (Å²) < 4.78 is 26.2. The number of hydrogen-bond donors (Lipinski definition) is 2. The molecule has 7 heteroatoms. The molecule has 2 aliphatic rings. The summed E-state index contributed by atoms with van der Waals surface area (Å²) in [5, 5.41) is 6.32. The summed E-state index contributed by atoms with van der Waals surface area (Å²) >= 11 is 0. The molecule has 2 aliphatic heterocycles. The quantitative estimate of drug-likeness (QED) is 0.736. The molecule has 0 spiro atoms. The number of amidine groups is 1. The maximum absolute atomic E-state index is 13.1. The number of nitrogens with one attached hydrogen (secondary N) is 2. The Labute approximate surface area is 152 Å². The van der Waals surface area contributed by atoms with Gasteiger partial charge in [-0.1, -0.05) is 13.0 Å². The highest BCUT2D eigenvalue weighted by atomic mass is 32.2. The Morgan fingerprint density at radius 3 is 2.69 bits per heavy atom. The summed E-state index contributed by atoms with van der Waals surface area (Å²) in [4.78, 5) is 17.4. The fourth-order valence-electron chi connectivity index (χ4n) is 3.26. The minimum atomic E-state index is -3.75. The number of anilines is 1. The second-order valence-electron chi connectivity index (χ2n) is 6.34. The van der Waals surface area contributed by atoms with Gasteiger partial charge in [-0.05, 0) is 36.8 Å². The molecule has 2 aromatic rings. The molecule has 2 N–H and O–H groups in total. The predicted octanol–water partition coefficient (Wildman–Crippen LogP) is 2.24. The van der Waals surface area contributed by atoms with Crippen LogP contribution in [0, 0.1) is 0 Å². The van der Waals surface area contributed by atoms with Crippen molar-refractivity contribution in [2.24, 2.45) is 4.99 Å². The highest BCUT2D eigenvalue weighted by molar-refractivity contribution is 7.91. The van der Waals surface area contributed by atoms with E-state index in [4.69, 9.17) is 0 Å². The van der Waals surface area contributed by atoms with Crippen LogP contribution in [0.25, 0.3) is 0 Å². The van der Waals surface area contributed by atoms with Crippen LogP contribution >= 0.6 is 0 Å². The molecular formula is C19H19N3O3S. The van der Waals surface area contributed by atoms with Gasteiger partial charge < -0.3 is 10.6 Å². The minimum Gasteiger partial charge on any atom is -0.385 e. The summed E-state index contributed by atoms with van der Waals surface area (Å²) in [6, 6.07) is 9.73. The van der Waals surface area contributed by atoms with Crippen molar-refractivity contribution in [3.63, 3.8) is 0 Å². The third-order valence-corrected chi connectivity index (χ3v) is 6.41. The number of aliphatic imine (C=N–C) groups is 1. The summed E-state index contributed by atoms with van der Waals surface area (Å²) in [5.74, 6) is 0.401. The number of carbonyl (C=O) groups is 1. The smallest absolute Gasteiger partial charge is 0.208 e. The van der Waals surface area contributed by atoms with E-state index in [9.17, 15) is 13.2 Å². The van der Waals surface area contributed by atoms with E-state index in [1.165, 1.54) is 6.07 Å². The lowest BCUT2D eigenvalue weighted by Crippen LogP contribution is -2.23. The third kappa shape index (κ3) is 2.59. The lowest BCUT2D eigenvalue weighted by Gasteiger charge is -2.20. The second kappa shape index (κ2) is 6.25. The first-order valence-corrected chi connectivity index (χ1v) is 10.1. The molecule has 0 fully saturated rings. The van der Waals surface area contributed by atoms with Crippen LogP contribution in [0.5, 0.6) is 0 Å². The van der Waals surface area contributed by atoms with E-state index in [2.05, 4.69) is 15.6 Å². The number of nitrogens with zero attached hydrogens (tertiary/aromatic N) is 1. The molecule has 134 valence electrons. The van der Waals surface area contributed by atoms with Gasteiger partial charge in [0.2, 0.25) is 9.84 Å². The molecule has 0 radical (unpaired) electrons. The van der Waals surface area contributed by atoms with E-state index in [-0.39, 0.29) is 26.7 Å². The average molecular weight is 369 g/mol. The highest BCUT2D eigenvalue weighted by Gasteiger charge is 2.35. The van der Waals surface area contributed by atoms with Crippen LogP contribution < -0.4 is 10.6 Å². The maximum atomic E-state index is 13.1. The van der Waals surface area contributed by atoms with Gasteiger partial charge in [0.15, 0.2) is 5.78 Å². The van der Waals surface area contributed by atoms with Crippen molar-refractivity contribution in [2.45, 2.75) is 23.1 Å². The van der Waals surface area contributed by atoms with Crippen molar-refractivity contribution in [2.75, 3.05) is 25.0 Å². The summed E-state index contributed by atoms with van der Waals surface area (Å²) in [5.41, 5.74) is 1.87. The van der Waals surface area contributed by atoms with Crippen LogP contribution in [0.1, 0.15) is 34.8 Å². The van der Waals surface area contributed by atoms with Gasteiger partial charge >= 0.3 is 0 Å². The third-order valence-electron chi connectivity index (χ3n) is 4.56. The van der Waals surface area contributed by atoms with Crippen molar-refractivity contribution < 1.29 is 13.2 Å². The zero-order valence-corrected chi connectivity index (χ0v) is 15.2. The van der Waals surface area contributed by atoms with Gasteiger partial charge in [-0.15, -0.1) is 0 Å². The first kappa shape index (κ1) is 16.8. The molecule has 2 aromatic carbocycles. The molecular weight excluding hydrogens is 350 g/mol. The molecule has 0 bridgehead atoms. The van der Waals surface area contributed by atoms with Crippen molar-refractivity contribution in [1.29, 1.82) is 0 Å². The van der Waals surface area contributed by atoms with Gasteiger partial charge in [0.25, 0.3) is 0 Å². The normalized spacial score (nSPS) is 17.1. The van der Waals surface area contributed by atoms with Crippen LogP contribution in [-0.2, 0) is 9.84 Å². The van der Waals surface area contributed by atoms with Crippen molar-refractivity contribution in [1.82, 2.24) is 5.32 Å². The lowest BCUT2D eigenvalue weighted by molar-refractivity contribution is 0.103. The lowest BCUT2D eigenvalue weighted by atomic mass is 10.00. The van der Waals surface area contributed by atoms with Crippen LogP contribution in [0.2, 0.25) is 0 Å². The van der Waals surface area contributed by atoms with Crippen LogP contribution in [0.3, 0.4) is 0 Å². The molecule has 0 amide bonds. The number of fused-ring (bicyclic) bond motifs is 2. The van der Waals surface area contributed by atoms with E-state index in [0.717, 1.165) is 25.2 Å². The van der Waals surface area contributed by atoms with E-state index in [1.807, 2.05) is 6.92 Å². The molecule has 0 aliphatic carbocycles. The van der Waals surface area contributed by atoms with Gasteiger partial charge in [-0.2, -0.15) is 0 Å². The molecule has 0 atom stereocenters. The van der Waals surface area contributed by atoms with Gasteiger partial charge in [-0.25, -0.2) is 8.42 Å². The molecule has 0 saturated carbocycles. The molecule has 0 saturated heterocycles. The zero-order chi connectivity index (χ0) is 18.3. The topological polar surface area (TPSA) is 87.6 Å². The van der Waals surface area contributed by atoms with Crippen molar-refractivity contribution in [3.05, 3.63) is 53.1 Å². The maximum Gasteiger partial charge on any atom is 0.208 e. The van der Waals surface area contributed by atoms with Crippen LogP contribution in [0.15, 0.2) is 51.2 Å². The van der Waals surface area contributed by atoms with Gasteiger partial charge in [0, 0.05) is 35.5 Å². The van der Waals surface area contributed by atoms with E-state index < -0.39 is 9.84 Å². The largest absolute Gasteiger partial charge is 0.385 e. The van der Waals surface area contributed by atoms with E-state index >= 15 is 0 Å². The monoisotopic (exact) mass is 369 g/mol. The Kier molecular flexibility index (Phi) is 4.03. The van der Waals surface area contributed by atoms with E-state index in [0.29, 0.717) is 17.9 Å². The second-order valence-corrected chi connectivity index (χ2v) is 8.22. The Balaban J connectivity index is 1.83. The number of sulfone groups is 1. The fraction of sp³-hybridized carbons (Fsp3) is 0.263. The standard InChI is InChI=1S/C19H19N3O3S/c1-2-7-20-13-4-6-16-15(11-13)18(23)14-5-3-12(19-21-8-9-22-19)10-17(14)26(16,24)25/h3-6,10-11,20H,2,7-9H2,1H3,(H,21,22).